The Bertz CT molecular complexity index is 269. The molecule has 3 heteroatoms. The smallest absolute Gasteiger partial charge is 0.0672 e. The van der Waals surface area contributed by atoms with Crippen molar-refractivity contribution in [1.82, 2.24) is 5.32 Å². The third-order valence-electron chi connectivity index (χ3n) is 1.90. The van der Waals surface area contributed by atoms with E-state index in [0.29, 0.717) is 6.61 Å². The SMILES string of the molecule is C=C(C)COCCNCCc1cccs1. The Morgan fingerprint density at radius 1 is 1.53 bits per heavy atom. The van der Waals surface area contributed by atoms with Gasteiger partial charge in [-0.25, -0.2) is 0 Å². The first-order valence-electron chi connectivity index (χ1n) is 5.24. The van der Waals surface area contributed by atoms with Crippen LogP contribution in [0.5, 0.6) is 0 Å². The molecule has 0 spiro atoms. The fourth-order valence-corrected chi connectivity index (χ4v) is 1.89. The van der Waals surface area contributed by atoms with Gasteiger partial charge >= 0.3 is 0 Å². The quantitative estimate of drug-likeness (QED) is 0.542. The lowest BCUT2D eigenvalue weighted by molar-refractivity contribution is 0.158. The van der Waals surface area contributed by atoms with Crippen molar-refractivity contribution in [3.8, 4) is 0 Å². The molecule has 0 aromatic carbocycles. The van der Waals surface area contributed by atoms with Crippen molar-refractivity contribution in [2.75, 3.05) is 26.3 Å². The van der Waals surface area contributed by atoms with Gasteiger partial charge in [-0.05, 0) is 24.8 Å². The highest BCUT2D eigenvalue weighted by molar-refractivity contribution is 7.09. The van der Waals surface area contributed by atoms with Crippen LogP contribution in [0.25, 0.3) is 0 Å². The van der Waals surface area contributed by atoms with Crippen LogP contribution in [0.3, 0.4) is 0 Å². The molecule has 0 aliphatic rings. The first-order chi connectivity index (χ1) is 7.29. The predicted molar refractivity (Wildman–Crippen MR) is 66.5 cm³/mol. The van der Waals surface area contributed by atoms with Crippen molar-refractivity contribution >= 4 is 11.3 Å². The average Bonchev–Trinajstić information content (AvgIpc) is 2.68. The van der Waals surface area contributed by atoms with Gasteiger partial charge in [0.2, 0.25) is 0 Å². The van der Waals surface area contributed by atoms with Gasteiger partial charge in [0.1, 0.15) is 0 Å². The Morgan fingerprint density at radius 2 is 2.40 bits per heavy atom. The largest absolute Gasteiger partial charge is 0.376 e. The molecule has 0 atom stereocenters. The van der Waals surface area contributed by atoms with E-state index in [1.807, 2.05) is 18.3 Å². The number of hydrogen-bond donors (Lipinski definition) is 1. The first-order valence-corrected chi connectivity index (χ1v) is 6.12. The number of thiophene rings is 1. The number of rotatable bonds is 8. The zero-order valence-electron chi connectivity index (χ0n) is 9.29. The molecule has 0 aliphatic carbocycles. The molecule has 15 heavy (non-hydrogen) atoms. The van der Waals surface area contributed by atoms with Gasteiger partial charge < -0.3 is 10.1 Å². The zero-order valence-corrected chi connectivity index (χ0v) is 10.1. The van der Waals surface area contributed by atoms with Crippen molar-refractivity contribution in [2.45, 2.75) is 13.3 Å². The Balaban J connectivity index is 1.87. The van der Waals surface area contributed by atoms with Gasteiger partial charge in [0.25, 0.3) is 0 Å². The molecule has 1 rings (SSSR count). The van der Waals surface area contributed by atoms with E-state index in [1.165, 1.54) is 4.88 Å². The minimum Gasteiger partial charge on any atom is -0.376 e. The summed E-state index contributed by atoms with van der Waals surface area (Å²) in [7, 11) is 0. The van der Waals surface area contributed by atoms with Crippen LogP contribution in [0.4, 0.5) is 0 Å². The van der Waals surface area contributed by atoms with Crippen LogP contribution in [0, 0.1) is 0 Å². The summed E-state index contributed by atoms with van der Waals surface area (Å²) in [5.74, 6) is 0. The molecule has 0 unspecified atom stereocenters. The second-order valence-electron chi connectivity index (χ2n) is 3.59. The van der Waals surface area contributed by atoms with Crippen molar-refractivity contribution in [3.63, 3.8) is 0 Å². The van der Waals surface area contributed by atoms with E-state index in [4.69, 9.17) is 4.74 Å². The van der Waals surface area contributed by atoms with Crippen LogP contribution < -0.4 is 5.32 Å². The van der Waals surface area contributed by atoms with Gasteiger partial charge in [-0.3, -0.25) is 0 Å². The maximum absolute atomic E-state index is 5.37. The molecular weight excluding hydrogens is 206 g/mol. The number of ether oxygens (including phenoxy) is 1. The normalized spacial score (nSPS) is 10.5. The van der Waals surface area contributed by atoms with E-state index in [9.17, 15) is 0 Å². The summed E-state index contributed by atoms with van der Waals surface area (Å²) in [4.78, 5) is 1.44. The van der Waals surface area contributed by atoms with Crippen molar-refractivity contribution in [1.29, 1.82) is 0 Å². The van der Waals surface area contributed by atoms with Crippen LogP contribution in [-0.4, -0.2) is 26.3 Å². The molecule has 0 amide bonds. The summed E-state index contributed by atoms with van der Waals surface area (Å²) in [5.41, 5.74) is 1.08. The highest BCUT2D eigenvalue weighted by Gasteiger charge is 1.93. The number of hydrogen-bond acceptors (Lipinski definition) is 3. The second kappa shape index (κ2) is 7.63. The highest BCUT2D eigenvalue weighted by atomic mass is 32.1. The first kappa shape index (κ1) is 12.4. The standard InChI is InChI=1S/C12H19NOS/c1-11(2)10-14-8-7-13-6-5-12-4-3-9-15-12/h3-4,9,13H,1,5-8,10H2,2H3. The lowest BCUT2D eigenvalue weighted by atomic mass is 10.3. The third-order valence-corrected chi connectivity index (χ3v) is 2.84. The molecule has 1 aromatic heterocycles. The average molecular weight is 225 g/mol. The summed E-state index contributed by atoms with van der Waals surface area (Å²) >= 11 is 1.81. The molecular formula is C12H19NOS. The van der Waals surface area contributed by atoms with Gasteiger partial charge in [-0.2, -0.15) is 0 Å². The third kappa shape index (κ3) is 6.44. The Hall–Kier alpha value is -0.640. The summed E-state index contributed by atoms with van der Waals surface area (Å²) < 4.78 is 5.37. The van der Waals surface area contributed by atoms with E-state index in [-0.39, 0.29) is 0 Å². The Labute approximate surface area is 96.0 Å². The van der Waals surface area contributed by atoms with Gasteiger partial charge in [-0.15, -0.1) is 11.3 Å². The molecule has 0 bridgehead atoms. The van der Waals surface area contributed by atoms with Crippen LogP contribution in [0.1, 0.15) is 11.8 Å². The fraction of sp³-hybridized carbons (Fsp3) is 0.500. The molecule has 1 N–H and O–H groups in total. The predicted octanol–water partition coefficient (Wildman–Crippen LogP) is 2.47. The molecule has 1 aromatic rings. The Kier molecular flexibility index (Phi) is 6.32. The lowest BCUT2D eigenvalue weighted by Crippen LogP contribution is -2.22. The van der Waals surface area contributed by atoms with Gasteiger partial charge in [-0.1, -0.05) is 18.2 Å². The van der Waals surface area contributed by atoms with Crippen molar-refractivity contribution in [3.05, 3.63) is 34.5 Å². The van der Waals surface area contributed by atoms with Crippen molar-refractivity contribution < 1.29 is 4.74 Å². The van der Waals surface area contributed by atoms with Gasteiger partial charge in [0.05, 0.1) is 13.2 Å². The summed E-state index contributed by atoms with van der Waals surface area (Å²) in [6.07, 6.45) is 1.11. The molecule has 0 saturated carbocycles. The van der Waals surface area contributed by atoms with Crippen LogP contribution in [-0.2, 0) is 11.2 Å². The minimum absolute atomic E-state index is 0.673. The van der Waals surface area contributed by atoms with E-state index in [0.717, 1.165) is 31.7 Å². The minimum atomic E-state index is 0.673. The summed E-state index contributed by atoms with van der Waals surface area (Å²) in [6, 6.07) is 4.26. The van der Waals surface area contributed by atoms with E-state index < -0.39 is 0 Å². The lowest BCUT2D eigenvalue weighted by Gasteiger charge is -2.05. The molecule has 84 valence electrons. The van der Waals surface area contributed by atoms with Crippen LogP contribution in [0.15, 0.2) is 29.7 Å². The highest BCUT2D eigenvalue weighted by Crippen LogP contribution is 2.07. The maximum Gasteiger partial charge on any atom is 0.0672 e. The molecule has 0 fully saturated rings. The van der Waals surface area contributed by atoms with Crippen LogP contribution >= 0.6 is 11.3 Å². The molecule has 1 heterocycles. The van der Waals surface area contributed by atoms with Gasteiger partial charge in [0.15, 0.2) is 0 Å². The summed E-state index contributed by atoms with van der Waals surface area (Å²) in [6.45, 7) is 9.13. The molecule has 2 nitrogen and oxygen atoms in total. The molecule has 0 radical (unpaired) electrons. The topological polar surface area (TPSA) is 21.3 Å². The fourth-order valence-electron chi connectivity index (χ4n) is 1.18. The molecule has 0 aliphatic heterocycles. The second-order valence-corrected chi connectivity index (χ2v) is 4.62. The van der Waals surface area contributed by atoms with Crippen LogP contribution in [0.2, 0.25) is 0 Å². The van der Waals surface area contributed by atoms with Gasteiger partial charge in [0, 0.05) is 18.0 Å². The summed E-state index contributed by atoms with van der Waals surface area (Å²) in [5, 5.41) is 5.47. The zero-order chi connectivity index (χ0) is 10.9. The van der Waals surface area contributed by atoms with E-state index in [1.54, 1.807) is 0 Å². The number of nitrogens with one attached hydrogen (secondary N) is 1. The molecule has 0 saturated heterocycles. The monoisotopic (exact) mass is 225 g/mol. The van der Waals surface area contributed by atoms with E-state index >= 15 is 0 Å². The Morgan fingerprint density at radius 3 is 3.07 bits per heavy atom. The maximum atomic E-state index is 5.37. The van der Waals surface area contributed by atoms with E-state index in [2.05, 4.69) is 29.4 Å². The van der Waals surface area contributed by atoms with Crippen molar-refractivity contribution in [2.24, 2.45) is 0 Å².